The fourth-order valence-corrected chi connectivity index (χ4v) is 2.15. The van der Waals surface area contributed by atoms with Gasteiger partial charge in [0.1, 0.15) is 5.82 Å². The molecule has 1 aromatic heterocycles. The maximum absolute atomic E-state index is 4.56. The first kappa shape index (κ1) is 14.5. The largest absolute Gasteiger partial charge is 0.311 e. The van der Waals surface area contributed by atoms with E-state index in [1.807, 2.05) is 24.0 Å². The van der Waals surface area contributed by atoms with E-state index in [1.165, 1.54) is 6.42 Å². The maximum Gasteiger partial charge on any atom is 0.138 e. The van der Waals surface area contributed by atoms with Gasteiger partial charge in [0, 0.05) is 18.0 Å². The van der Waals surface area contributed by atoms with Crippen LogP contribution in [0.3, 0.4) is 0 Å². The summed E-state index contributed by atoms with van der Waals surface area (Å²) in [6, 6.07) is 1.99. The number of rotatable bonds is 8. The topological polar surface area (TPSA) is 37.8 Å². The fourth-order valence-electron chi connectivity index (χ4n) is 1.34. The Morgan fingerprint density at radius 3 is 2.94 bits per heavy atom. The number of aromatic nitrogens is 2. The highest BCUT2D eigenvalue weighted by atomic mass is 32.2. The van der Waals surface area contributed by atoms with E-state index in [0.717, 1.165) is 36.8 Å². The first-order valence-corrected chi connectivity index (χ1v) is 7.44. The average Bonchev–Trinajstić information content (AvgIpc) is 2.37. The highest BCUT2D eigenvalue weighted by Gasteiger charge is 2.03. The molecule has 0 radical (unpaired) electrons. The molecule has 0 aliphatic heterocycles. The summed E-state index contributed by atoms with van der Waals surface area (Å²) in [5.74, 6) is 1.86. The lowest BCUT2D eigenvalue weighted by atomic mass is 10.4. The van der Waals surface area contributed by atoms with Crippen molar-refractivity contribution in [2.24, 2.45) is 0 Å². The Morgan fingerprint density at radius 2 is 2.24 bits per heavy atom. The Kier molecular flexibility index (Phi) is 7.21. The molecule has 0 spiro atoms. The van der Waals surface area contributed by atoms with Crippen LogP contribution in [0.4, 0.5) is 0 Å². The van der Waals surface area contributed by atoms with E-state index in [-0.39, 0.29) is 0 Å². The molecule has 0 saturated heterocycles. The molecule has 0 bridgehead atoms. The van der Waals surface area contributed by atoms with Crippen molar-refractivity contribution < 1.29 is 0 Å². The molecule has 0 amide bonds. The molecular weight excluding hydrogens is 230 g/mol. The van der Waals surface area contributed by atoms with Crippen LogP contribution in [0.2, 0.25) is 0 Å². The van der Waals surface area contributed by atoms with Gasteiger partial charge in [-0.25, -0.2) is 9.97 Å². The second-order valence-electron chi connectivity index (χ2n) is 4.17. The smallest absolute Gasteiger partial charge is 0.138 e. The number of nitrogens with one attached hydrogen (secondary N) is 1. The number of thioether (sulfide) groups is 1. The van der Waals surface area contributed by atoms with Gasteiger partial charge in [0.25, 0.3) is 0 Å². The zero-order valence-electron chi connectivity index (χ0n) is 11.1. The van der Waals surface area contributed by atoms with Gasteiger partial charge in [-0.15, -0.1) is 0 Å². The third-order valence-electron chi connectivity index (χ3n) is 2.57. The molecule has 1 aromatic rings. The van der Waals surface area contributed by atoms with Crippen molar-refractivity contribution in [2.45, 2.75) is 51.2 Å². The van der Waals surface area contributed by atoms with Crippen molar-refractivity contribution in [3.8, 4) is 0 Å². The Bertz CT molecular complexity index is 317. The van der Waals surface area contributed by atoms with Gasteiger partial charge in [0.05, 0.1) is 11.4 Å². The third-order valence-corrected chi connectivity index (χ3v) is 3.90. The molecule has 0 aromatic carbocycles. The summed E-state index contributed by atoms with van der Waals surface area (Å²) in [6.07, 6.45) is 4.21. The lowest BCUT2D eigenvalue weighted by Gasteiger charge is -2.08. The molecule has 4 heteroatoms. The predicted octanol–water partition coefficient (Wildman–Crippen LogP) is 3.01. The van der Waals surface area contributed by atoms with Crippen LogP contribution in [0.25, 0.3) is 0 Å². The predicted molar refractivity (Wildman–Crippen MR) is 75.1 cm³/mol. The summed E-state index contributed by atoms with van der Waals surface area (Å²) in [5, 5.41) is 4.04. The summed E-state index contributed by atoms with van der Waals surface area (Å²) in [5.41, 5.74) is 1.09. The summed E-state index contributed by atoms with van der Waals surface area (Å²) in [7, 11) is 0. The number of hydrogen-bond donors (Lipinski definition) is 1. The number of hydrogen-bond acceptors (Lipinski definition) is 4. The normalized spacial score (nSPS) is 12.6. The second kappa shape index (κ2) is 8.48. The van der Waals surface area contributed by atoms with Crippen LogP contribution in [-0.2, 0) is 12.3 Å². The van der Waals surface area contributed by atoms with Crippen molar-refractivity contribution in [1.29, 1.82) is 0 Å². The first-order valence-electron chi connectivity index (χ1n) is 6.39. The quantitative estimate of drug-likeness (QED) is 0.723. The summed E-state index contributed by atoms with van der Waals surface area (Å²) in [4.78, 5) is 8.87. The summed E-state index contributed by atoms with van der Waals surface area (Å²) in [6.45, 7) is 8.51. The molecule has 1 atom stereocenters. The van der Waals surface area contributed by atoms with Crippen molar-refractivity contribution in [1.82, 2.24) is 15.3 Å². The van der Waals surface area contributed by atoms with Gasteiger partial charge in [-0.2, -0.15) is 11.8 Å². The van der Waals surface area contributed by atoms with Crippen molar-refractivity contribution >= 4 is 11.8 Å². The fraction of sp³-hybridized carbons (Fsp3) is 0.692. The highest BCUT2D eigenvalue weighted by molar-refractivity contribution is 7.99. The van der Waals surface area contributed by atoms with Gasteiger partial charge >= 0.3 is 0 Å². The van der Waals surface area contributed by atoms with Crippen molar-refractivity contribution in [3.63, 3.8) is 0 Å². The minimum absolute atomic E-state index is 0.681. The molecule has 1 heterocycles. The van der Waals surface area contributed by atoms with Crippen LogP contribution < -0.4 is 5.32 Å². The van der Waals surface area contributed by atoms with Gasteiger partial charge in [0.2, 0.25) is 0 Å². The van der Waals surface area contributed by atoms with E-state index in [9.17, 15) is 0 Å². The summed E-state index contributed by atoms with van der Waals surface area (Å²) >= 11 is 1.92. The van der Waals surface area contributed by atoms with Crippen LogP contribution in [-0.4, -0.2) is 21.8 Å². The molecule has 17 heavy (non-hydrogen) atoms. The van der Waals surface area contributed by atoms with Crippen LogP contribution in [0.15, 0.2) is 12.3 Å². The number of nitrogens with zero attached hydrogens (tertiary/aromatic N) is 2. The molecule has 0 aliphatic rings. The lowest BCUT2D eigenvalue weighted by molar-refractivity contribution is 0.660. The summed E-state index contributed by atoms with van der Waals surface area (Å²) < 4.78 is 0. The van der Waals surface area contributed by atoms with Crippen molar-refractivity contribution in [3.05, 3.63) is 23.8 Å². The van der Waals surface area contributed by atoms with E-state index in [4.69, 9.17) is 0 Å². The molecular formula is C13H23N3S. The van der Waals surface area contributed by atoms with Crippen molar-refractivity contribution in [2.75, 3.05) is 6.54 Å². The van der Waals surface area contributed by atoms with Gasteiger partial charge in [-0.3, -0.25) is 0 Å². The van der Waals surface area contributed by atoms with E-state index in [2.05, 4.69) is 36.1 Å². The van der Waals surface area contributed by atoms with E-state index in [1.54, 1.807) is 0 Å². The van der Waals surface area contributed by atoms with E-state index < -0.39 is 0 Å². The SMILES string of the molecule is CCCNCc1ccnc(CSC(C)CC)n1. The Balaban J connectivity index is 2.42. The Hall–Kier alpha value is -0.610. The van der Waals surface area contributed by atoms with Gasteiger partial charge < -0.3 is 5.32 Å². The monoisotopic (exact) mass is 253 g/mol. The van der Waals surface area contributed by atoms with Crippen LogP contribution in [0.1, 0.15) is 45.1 Å². The van der Waals surface area contributed by atoms with Crippen LogP contribution in [0.5, 0.6) is 0 Å². The van der Waals surface area contributed by atoms with E-state index in [0.29, 0.717) is 5.25 Å². The second-order valence-corrected chi connectivity index (χ2v) is 5.60. The zero-order chi connectivity index (χ0) is 12.5. The minimum atomic E-state index is 0.681. The van der Waals surface area contributed by atoms with Crippen LogP contribution in [0, 0.1) is 0 Å². The molecule has 0 saturated carbocycles. The molecule has 1 unspecified atom stereocenters. The Labute approximate surface area is 109 Å². The van der Waals surface area contributed by atoms with E-state index >= 15 is 0 Å². The molecule has 1 rings (SSSR count). The highest BCUT2D eigenvalue weighted by Crippen LogP contribution is 2.17. The van der Waals surface area contributed by atoms with Gasteiger partial charge in [-0.1, -0.05) is 20.8 Å². The molecule has 0 aliphatic carbocycles. The standard InChI is InChI=1S/C13H23N3S/c1-4-7-14-9-12-6-8-15-13(16-12)10-17-11(3)5-2/h6,8,11,14H,4-5,7,9-10H2,1-3H3. The van der Waals surface area contributed by atoms with Crippen LogP contribution >= 0.6 is 11.8 Å². The molecule has 96 valence electrons. The molecule has 0 fully saturated rings. The molecule has 3 nitrogen and oxygen atoms in total. The third kappa shape index (κ3) is 6.03. The Morgan fingerprint density at radius 1 is 1.41 bits per heavy atom. The van der Waals surface area contributed by atoms with Gasteiger partial charge in [-0.05, 0) is 25.5 Å². The average molecular weight is 253 g/mol. The maximum atomic E-state index is 4.56. The first-order chi connectivity index (χ1) is 8.26. The van der Waals surface area contributed by atoms with Gasteiger partial charge in [0.15, 0.2) is 0 Å². The minimum Gasteiger partial charge on any atom is -0.311 e. The lowest BCUT2D eigenvalue weighted by Crippen LogP contribution is -2.15. The molecule has 1 N–H and O–H groups in total. The zero-order valence-corrected chi connectivity index (χ0v) is 11.9.